The fourth-order valence-corrected chi connectivity index (χ4v) is 2.86. The molecule has 27 heavy (non-hydrogen) atoms. The minimum atomic E-state index is -0.542. The predicted octanol–water partition coefficient (Wildman–Crippen LogP) is 3.67. The Balaban J connectivity index is 1.61. The highest BCUT2D eigenvalue weighted by molar-refractivity contribution is 7.12. The van der Waals surface area contributed by atoms with Gasteiger partial charge in [-0.2, -0.15) is 0 Å². The van der Waals surface area contributed by atoms with Crippen LogP contribution in [0, 0.1) is 10.1 Å². The largest absolute Gasteiger partial charge is 0.321 e. The van der Waals surface area contributed by atoms with Gasteiger partial charge in [0.25, 0.3) is 17.5 Å². The Morgan fingerprint density at radius 1 is 0.926 bits per heavy atom. The molecular formula is C18H14N4O4S. The Labute approximate surface area is 158 Å². The van der Waals surface area contributed by atoms with Crippen LogP contribution in [0.1, 0.15) is 20.0 Å². The average molecular weight is 382 g/mol. The summed E-state index contributed by atoms with van der Waals surface area (Å²) in [6.07, 6.45) is 0. The number of thiophene rings is 1. The third-order valence-corrected chi connectivity index (χ3v) is 4.43. The molecule has 0 aliphatic rings. The predicted molar refractivity (Wildman–Crippen MR) is 103 cm³/mol. The Morgan fingerprint density at radius 2 is 1.67 bits per heavy atom. The molecule has 0 spiro atoms. The third kappa shape index (κ3) is 4.47. The number of amides is 2. The van der Waals surface area contributed by atoms with Gasteiger partial charge in [-0.1, -0.05) is 18.2 Å². The number of benzene rings is 2. The first kappa shape index (κ1) is 18.1. The SMILES string of the molecule is O=C(NNc1ccccc1[N+](=O)[O-])c1ccc(NC(=O)c2cccs2)cc1. The molecule has 3 aromatic rings. The van der Waals surface area contributed by atoms with Gasteiger partial charge in [0, 0.05) is 17.3 Å². The van der Waals surface area contributed by atoms with Gasteiger partial charge in [-0.25, -0.2) is 0 Å². The molecule has 0 aliphatic heterocycles. The van der Waals surface area contributed by atoms with E-state index in [-0.39, 0.29) is 17.3 Å². The van der Waals surface area contributed by atoms with Crippen molar-refractivity contribution in [3.63, 3.8) is 0 Å². The number of para-hydroxylation sites is 2. The summed E-state index contributed by atoms with van der Waals surface area (Å²) in [6, 6.07) is 15.8. The maximum atomic E-state index is 12.2. The number of hydrazine groups is 1. The minimum absolute atomic E-state index is 0.149. The van der Waals surface area contributed by atoms with Gasteiger partial charge in [-0.3, -0.25) is 30.6 Å². The Kier molecular flexibility index (Phi) is 5.43. The van der Waals surface area contributed by atoms with Crippen molar-refractivity contribution in [2.24, 2.45) is 0 Å². The van der Waals surface area contributed by atoms with Crippen molar-refractivity contribution in [3.05, 3.63) is 86.6 Å². The monoisotopic (exact) mass is 382 g/mol. The topological polar surface area (TPSA) is 113 Å². The summed E-state index contributed by atoms with van der Waals surface area (Å²) in [5.74, 6) is -0.690. The summed E-state index contributed by atoms with van der Waals surface area (Å²) in [6.45, 7) is 0. The molecule has 0 saturated heterocycles. The van der Waals surface area contributed by atoms with Crippen LogP contribution in [0.2, 0.25) is 0 Å². The van der Waals surface area contributed by atoms with Gasteiger partial charge < -0.3 is 5.32 Å². The van der Waals surface area contributed by atoms with Crippen molar-refractivity contribution in [2.75, 3.05) is 10.7 Å². The standard InChI is InChI=1S/C18H14N4O4S/c23-17(21-20-14-4-1-2-5-15(14)22(25)26)12-7-9-13(10-8-12)19-18(24)16-6-3-11-27-16/h1-11,20H,(H,19,24)(H,21,23). The van der Waals surface area contributed by atoms with E-state index in [1.54, 1.807) is 42.5 Å². The fraction of sp³-hybridized carbons (Fsp3) is 0. The van der Waals surface area contributed by atoms with E-state index in [2.05, 4.69) is 16.2 Å². The van der Waals surface area contributed by atoms with Gasteiger partial charge in [0.2, 0.25) is 0 Å². The lowest BCUT2D eigenvalue weighted by Crippen LogP contribution is -2.29. The molecule has 8 nitrogen and oxygen atoms in total. The van der Waals surface area contributed by atoms with Crippen LogP contribution in [-0.2, 0) is 0 Å². The number of hydrogen-bond acceptors (Lipinski definition) is 6. The first-order chi connectivity index (χ1) is 13.0. The summed E-state index contributed by atoms with van der Waals surface area (Å²) in [4.78, 5) is 35.2. The highest BCUT2D eigenvalue weighted by Crippen LogP contribution is 2.22. The normalized spacial score (nSPS) is 10.1. The lowest BCUT2D eigenvalue weighted by molar-refractivity contribution is -0.384. The smallest absolute Gasteiger partial charge is 0.294 e. The molecule has 0 fully saturated rings. The quantitative estimate of drug-likeness (QED) is 0.445. The zero-order valence-corrected chi connectivity index (χ0v) is 14.7. The van der Waals surface area contributed by atoms with Crippen LogP contribution >= 0.6 is 11.3 Å². The molecule has 0 bridgehead atoms. The number of nitrogens with one attached hydrogen (secondary N) is 3. The van der Waals surface area contributed by atoms with Crippen LogP contribution in [0.4, 0.5) is 17.1 Å². The summed E-state index contributed by atoms with van der Waals surface area (Å²) < 4.78 is 0. The first-order valence-corrected chi connectivity index (χ1v) is 8.67. The second kappa shape index (κ2) is 8.11. The van der Waals surface area contributed by atoms with E-state index in [4.69, 9.17) is 0 Å². The maximum Gasteiger partial charge on any atom is 0.294 e. The number of nitro groups is 1. The number of hydrogen-bond donors (Lipinski definition) is 3. The zero-order valence-electron chi connectivity index (χ0n) is 13.8. The third-order valence-electron chi connectivity index (χ3n) is 3.56. The summed E-state index contributed by atoms with van der Waals surface area (Å²) in [5.41, 5.74) is 5.87. The summed E-state index contributed by atoms with van der Waals surface area (Å²) >= 11 is 1.33. The summed E-state index contributed by atoms with van der Waals surface area (Å²) in [7, 11) is 0. The Morgan fingerprint density at radius 3 is 2.33 bits per heavy atom. The first-order valence-electron chi connectivity index (χ1n) is 7.79. The molecule has 2 aromatic carbocycles. The molecular weight excluding hydrogens is 368 g/mol. The Bertz CT molecular complexity index is 971. The van der Waals surface area contributed by atoms with Crippen molar-refractivity contribution < 1.29 is 14.5 Å². The van der Waals surface area contributed by atoms with Gasteiger partial charge in [-0.15, -0.1) is 11.3 Å². The lowest BCUT2D eigenvalue weighted by Gasteiger charge is -2.09. The van der Waals surface area contributed by atoms with Crippen LogP contribution in [0.3, 0.4) is 0 Å². The second-order valence-corrected chi connectivity index (χ2v) is 6.31. The van der Waals surface area contributed by atoms with Crippen LogP contribution in [-0.4, -0.2) is 16.7 Å². The molecule has 1 heterocycles. The number of carbonyl (C=O) groups excluding carboxylic acids is 2. The highest BCUT2D eigenvalue weighted by atomic mass is 32.1. The van der Waals surface area contributed by atoms with Gasteiger partial charge in [0.15, 0.2) is 0 Å². The maximum absolute atomic E-state index is 12.2. The Hall–Kier alpha value is -3.72. The van der Waals surface area contributed by atoms with E-state index < -0.39 is 10.8 Å². The van der Waals surface area contributed by atoms with Crippen LogP contribution in [0.5, 0.6) is 0 Å². The molecule has 2 amide bonds. The van der Waals surface area contributed by atoms with Gasteiger partial charge in [0.1, 0.15) is 5.69 Å². The molecule has 0 saturated carbocycles. The molecule has 3 rings (SSSR count). The fourth-order valence-electron chi connectivity index (χ4n) is 2.24. The number of nitro benzene ring substituents is 1. The number of anilines is 2. The van der Waals surface area contributed by atoms with E-state index >= 15 is 0 Å². The molecule has 9 heteroatoms. The van der Waals surface area contributed by atoms with E-state index in [9.17, 15) is 19.7 Å². The molecule has 0 atom stereocenters. The molecule has 0 unspecified atom stereocenters. The molecule has 136 valence electrons. The molecule has 1 aromatic heterocycles. The van der Waals surface area contributed by atoms with E-state index in [1.807, 2.05) is 5.38 Å². The van der Waals surface area contributed by atoms with Crippen LogP contribution in [0.25, 0.3) is 0 Å². The molecule has 0 aliphatic carbocycles. The highest BCUT2D eigenvalue weighted by Gasteiger charge is 2.13. The average Bonchev–Trinajstić information content (AvgIpc) is 3.22. The summed E-state index contributed by atoms with van der Waals surface area (Å²) in [5, 5.41) is 15.5. The second-order valence-electron chi connectivity index (χ2n) is 5.36. The number of nitrogens with zero attached hydrogens (tertiary/aromatic N) is 1. The lowest BCUT2D eigenvalue weighted by atomic mass is 10.2. The van der Waals surface area contributed by atoms with Gasteiger partial charge in [0.05, 0.1) is 9.80 Å². The zero-order chi connectivity index (χ0) is 19.2. The van der Waals surface area contributed by atoms with Gasteiger partial charge in [-0.05, 0) is 41.8 Å². The molecule has 3 N–H and O–H groups in total. The number of carbonyl (C=O) groups is 2. The van der Waals surface area contributed by atoms with Gasteiger partial charge >= 0.3 is 0 Å². The van der Waals surface area contributed by atoms with Crippen molar-refractivity contribution >= 4 is 40.2 Å². The van der Waals surface area contributed by atoms with E-state index in [1.165, 1.54) is 29.5 Å². The minimum Gasteiger partial charge on any atom is -0.321 e. The van der Waals surface area contributed by atoms with Crippen molar-refractivity contribution in [1.82, 2.24) is 5.43 Å². The van der Waals surface area contributed by atoms with Crippen LogP contribution in [0.15, 0.2) is 66.0 Å². The van der Waals surface area contributed by atoms with Crippen molar-refractivity contribution in [3.8, 4) is 0 Å². The number of rotatable bonds is 6. The van der Waals surface area contributed by atoms with Crippen LogP contribution < -0.4 is 16.2 Å². The molecule has 0 radical (unpaired) electrons. The van der Waals surface area contributed by atoms with E-state index in [0.29, 0.717) is 16.1 Å². The van der Waals surface area contributed by atoms with E-state index in [0.717, 1.165) is 0 Å². The van der Waals surface area contributed by atoms with Crippen molar-refractivity contribution in [2.45, 2.75) is 0 Å². The van der Waals surface area contributed by atoms with Crippen molar-refractivity contribution in [1.29, 1.82) is 0 Å².